The number of rotatable bonds is 6. The summed E-state index contributed by atoms with van der Waals surface area (Å²) in [6.07, 6.45) is 1.16. The number of nitrogens with zero attached hydrogens (tertiary/aromatic N) is 2. The maximum absolute atomic E-state index is 12.7. The number of hydrogen-bond donors (Lipinski definition) is 2. The fourth-order valence-corrected chi connectivity index (χ4v) is 4.09. The molecule has 1 atom stereocenters. The van der Waals surface area contributed by atoms with Crippen molar-refractivity contribution in [3.8, 4) is 0 Å². The van der Waals surface area contributed by atoms with E-state index in [0.29, 0.717) is 22.9 Å². The highest BCUT2D eigenvalue weighted by atomic mass is 16.2. The van der Waals surface area contributed by atoms with Crippen LogP contribution < -0.4 is 15.5 Å². The van der Waals surface area contributed by atoms with Gasteiger partial charge in [0.1, 0.15) is 0 Å². The number of aryl methyl sites for hydroxylation is 1. The number of amides is 2. The number of nitrogens with one attached hydrogen (secondary N) is 2. The minimum absolute atomic E-state index is 0.166. The first-order chi connectivity index (χ1) is 15.9. The lowest BCUT2D eigenvalue weighted by Gasteiger charge is -2.22. The van der Waals surface area contributed by atoms with E-state index in [1.165, 1.54) is 5.69 Å². The Kier molecular flexibility index (Phi) is 6.75. The molecule has 0 spiro atoms. The Morgan fingerprint density at radius 1 is 0.848 bits per heavy atom. The van der Waals surface area contributed by atoms with E-state index in [-0.39, 0.29) is 11.8 Å². The van der Waals surface area contributed by atoms with Crippen molar-refractivity contribution in [2.75, 3.05) is 42.7 Å². The Balaban J connectivity index is 1.34. The molecule has 33 heavy (non-hydrogen) atoms. The van der Waals surface area contributed by atoms with E-state index >= 15 is 0 Å². The molecule has 1 aliphatic heterocycles. The second-order valence-electron chi connectivity index (χ2n) is 8.70. The Hall–Kier alpha value is -3.64. The Bertz CT molecular complexity index is 1120. The van der Waals surface area contributed by atoms with E-state index in [1.54, 1.807) is 30.3 Å². The van der Waals surface area contributed by atoms with Gasteiger partial charge in [-0.1, -0.05) is 18.2 Å². The number of likely N-dealkylation sites (N-methyl/N-ethyl adjacent to an activating group) is 1. The molecular weight excluding hydrogens is 412 g/mol. The van der Waals surface area contributed by atoms with Gasteiger partial charge >= 0.3 is 0 Å². The third-order valence-corrected chi connectivity index (χ3v) is 6.18. The van der Waals surface area contributed by atoms with Crippen molar-refractivity contribution in [2.24, 2.45) is 0 Å². The molecule has 3 aromatic rings. The Labute approximate surface area is 195 Å². The van der Waals surface area contributed by atoms with Crippen LogP contribution >= 0.6 is 0 Å². The van der Waals surface area contributed by atoms with Crippen molar-refractivity contribution in [1.29, 1.82) is 0 Å². The summed E-state index contributed by atoms with van der Waals surface area (Å²) in [4.78, 5) is 29.8. The molecule has 2 amide bonds. The molecule has 1 saturated heterocycles. The monoisotopic (exact) mass is 442 g/mol. The lowest BCUT2D eigenvalue weighted by Crippen LogP contribution is -2.31. The van der Waals surface area contributed by atoms with Crippen molar-refractivity contribution in [1.82, 2.24) is 4.90 Å². The molecule has 2 N–H and O–H groups in total. The SMILES string of the molecule is Cc1ccccc1C(=O)Nc1ccc(C(=O)Nc2ccc(N3CCC(N(C)C)C3)cc2)cc1. The van der Waals surface area contributed by atoms with Gasteiger partial charge in [0.05, 0.1) is 0 Å². The van der Waals surface area contributed by atoms with Gasteiger partial charge in [-0.2, -0.15) is 0 Å². The Morgan fingerprint density at radius 2 is 1.45 bits per heavy atom. The first-order valence-electron chi connectivity index (χ1n) is 11.2. The topological polar surface area (TPSA) is 64.7 Å². The van der Waals surface area contributed by atoms with E-state index in [9.17, 15) is 9.59 Å². The molecule has 4 rings (SSSR count). The van der Waals surface area contributed by atoms with Gasteiger partial charge in [0.25, 0.3) is 11.8 Å². The molecule has 0 saturated carbocycles. The van der Waals surface area contributed by atoms with E-state index in [0.717, 1.165) is 30.8 Å². The average Bonchev–Trinajstić information content (AvgIpc) is 3.31. The molecule has 0 radical (unpaired) electrons. The van der Waals surface area contributed by atoms with Gasteiger partial charge in [-0.3, -0.25) is 9.59 Å². The van der Waals surface area contributed by atoms with Crippen molar-refractivity contribution < 1.29 is 9.59 Å². The van der Waals surface area contributed by atoms with E-state index in [2.05, 4.69) is 46.7 Å². The van der Waals surface area contributed by atoms with Crippen molar-refractivity contribution in [3.05, 3.63) is 89.5 Å². The zero-order valence-corrected chi connectivity index (χ0v) is 19.3. The molecule has 6 heteroatoms. The van der Waals surface area contributed by atoms with Gasteiger partial charge in [-0.15, -0.1) is 0 Å². The number of anilines is 3. The Morgan fingerprint density at radius 3 is 2.06 bits per heavy atom. The van der Waals surface area contributed by atoms with Gasteiger partial charge < -0.3 is 20.4 Å². The quantitative estimate of drug-likeness (QED) is 0.584. The van der Waals surface area contributed by atoms with Crippen LogP contribution in [0, 0.1) is 6.92 Å². The third kappa shape index (κ3) is 5.41. The molecule has 1 aliphatic rings. The summed E-state index contributed by atoms with van der Waals surface area (Å²) in [5.74, 6) is -0.353. The molecule has 1 unspecified atom stereocenters. The fraction of sp³-hybridized carbons (Fsp3) is 0.259. The summed E-state index contributed by atoms with van der Waals surface area (Å²) in [6, 6.07) is 22.9. The summed E-state index contributed by atoms with van der Waals surface area (Å²) >= 11 is 0. The molecule has 1 fully saturated rings. The van der Waals surface area contributed by atoms with Gasteiger partial charge in [-0.05, 0) is 87.6 Å². The smallest absolute Gasteiger partial charge is 0.255 e. The number of hydrogen-bond acceptors (Lipinski definition) is 4. The highest BCUT2D eigenvalue weighted by molar-refractivity contribution is 6.06. The average molecular weight is 443 g/mol. The van der Waals surface area contributed by atoms with Gasteiger partial charge in [-0.25, -0.2) is 0 Å². The molecule has 0 aromatic heterocycles. The molecule has 6 nitrogen and oxygen atoms in total. The highest BCUT2D eigenvalue weighted by Gasteiger charge is 2.24. The van der Waals surface area contributed by atoms with E-state index < -0.39 is 0 Å². The van der Waals surface area contributed by atoms with Crippen LogP contribution in [0.25, 0.3) is 0 Å². The predicted octanol–water partition coefficient (Wildman–Crippen LogP) is 4.64. The summed E-state index contributed by atoms with van der Waals surface area (Å²) in [5, 5.41) is 5.82. The van der Waals surface area contributed by atoms with Gasteiger partial charge in [0.15, 0.2) is 0 Å². The van der Waals surface area contributed by atoms with Gasteiger partial charge in [0, 0.05) is 47.3 Å². The second kappa shape index (κ2) is 9.88. The maximum atomic E-state index is 12.7. The lowest BCUT2D eigenvalue weighted by molar-refractivity contribution is 0.101. The molecule has 170 valence electrons. The number of benzene rings is 3. The van der Waals surface area contributed by atoms with E-state index in [1.807, 2.05) is 37.3 Å². The second-order valence-corrected chi connectivity index (χ2v) is 8.70. The minimum atomic E-state index is -0.187. The van der Waals surface area contributed by atoms with Crippen LogP contribution in [0.1, 0.15) is 32.7 Å². The van der Waals surface area contributed by atoms with Crippen molar-refractivity contribution >= 4 is 28.9 Å². The van der Waals surface area contributed by atoms with Crippen LogP contribution in [0.2, 0.25) is 0 Å². The molecule has 0 bridgehead atoms. The predicted molar refractivity (Wildman–Crippen MR) is 134 cm³/mol. The minimum Gasteiger partial charge on any atom is -0.370 e. The summed E-state index contributed by atoms with van der Waals surface area (Å²) in [5.41, 5.74) is 4.65. The molecular formula is C27H30N4O2. The van der Waals surface area contributed by atoms with Crippen molar-refractivity contribution in [2.45, 2.75) is 19.4 Å². The summed E-state index contributed by atoms with van der Waals surface area (Å²) < 4.78 is 0. The first-order valence-corrected chi connectivity index (χ1v) is 11.2. The van der Waals surface area contributed by atoms with Crippen LogP contribution in [0.15, 0.2) is 72.8 Å². The molecule has 0 aliphatic carbocycles. The molecule has 3 aromatic carbocycles. The fourth-order valence-electron chi connectivity index (χ4n) is 4.09. The normalized spacial score (nSPS) is 15.5. The first kappa shape index (κ1) is 22.6. The van der Waals surface area contributed by atoms with Crippen LogP contribution in [0.3, 0.4) is 0 Å². The van der Waals surface area contributed by atoms with Crippen LogP contribution in [0.4, 0.5) is 17.1 Å². The zero-order valence-electron chi connectivity index (χ0n) is 19.3. The standard InChI is InChI=1S/C27H30N4O2/c1-19-6-4-5-7-25(19)27(33)29-21-10-8-20(9-11-21)26(32)28-22-12-14-23(15-13-22)31-17-16-24(18-31)30(2)3/h4-15,24H,16-18H2,1-3H3,(H,28,32)(H,29,33). The number of carbonyl (C=O) groups excluding carboxylic acids is 2. The lowest BCUT2D eigenvalue weighted by atomic mass is 10.1. The number of carbonyl (C=O) groups is 2. The highest BCUT2D eigenvalue weighted by Crippen LogP contribution is 2.24. The summed E-state index contributed by atoms with van der Waals surface area (Å²) in [7, 11) is 4.24. The largest absolute Gasteiger partial charge is 0.370 e. The zero-order chi connectivity index (χ0) is 23.4. The third-order valence-electron chi connectivity index (χ3n) is 6.18. The molecule has 1 heterocycles. The maximum Gasteiger partial charge on any atom is 0.255 e. The van der Waals surface area contributed by atoms with Gasteiger partial charge in [0.2, 0.25) is 0 Å². The van der Waals surface area contributed by atoms with Crippen LogP contribution in [0.5, 0.6) is 0 Å². The summed E-state index contributed by atoms with van der Waals surface area (Å²) in [6.45, 7) is 3.97. The van der Waals surface area contributed by atoms with E-state index in [4.69, 9.17) is 0 Å². The van der Waals surface area contributed by atoms with Crippen LogP contribution in [-0.2, 0) is 0 Å². The van der Waals surface area contributed by atoms with Crippen LogP contribution in [-0.4, -0.2) is 49.9 Å². The van der Waals surface area contributed by atoms with Crippen molar-refractivity contribution in [3.63, 3.8) is 0 Å².